The van der Waals surface area contributed by atoms with Gasteiger partial charge in [-0.25, -0.2) is 0 Å². The van der Waals surface area contributed by atoms with Gasteiger partial charge >= 0.3 is 0 Å². The average molecular weight is 356 g/mol. The molecule has 132 valence electrons. The Morgan fingerprint density at radius 3 is 2.64 bits per heavy atom. The molecule has 0 saturated carbocycles. The molecule has 0 atom stereocenters. The van der Waals surface area contributed by atoms with E-state index in [4.69, 9.17) is 10.5 Å². The van der Waals surface area contributed by atoms with Crippen molar-refractivity contribution in [2.75, 3.05) is 6.61 Å². The Bertz CT molecular complexity index is 686. The lowest BCUT2D eigenvalue weighted by molar-refractivity contribution is 0.306. The summed E-state index contributed by atoms with van der Waals surface area (Å²) >= 11 is 1.47. The standard InChI is InChI=1S/C20H25N3OS/c1-2-3-9-14-24-19-13-8-7-12-18(19)15-22-23-20(21)25-16-17-10-5-4-6-11-17/h4-8,10-13,15H,2-3,9,14,16H2,1H3,(H2,21,23). The van der Waals surface area contributed by atoms with E-state index in [1.54, 1.807) is 6.21 Å². The van der Waals surface area contributed by atoms with E-state index < -0.39 is 0 Å². The number of nitrogens with zero attached hydrogens (tertiary/aromatic N) is 2. The molecule has 0 heterocycles. The summed E-state index contributed by atoms with van der Waals surface area (Å²) in [7, 11) is 0. The van der Waals surface area contributed by atoms with Crippen LogP contribution < -0.4 is 10.5 Å². The van der Waals surface area contributed by atoms with Gasteiger partial charge in [0.15, 0.2) is 5.17 Å². The maximum absolute atomic E-state index is 5.91. The van der Waals surface area contributed by atoms with Gasteiger partial charge in [0.1, 0.15) is 5.75 Å². The zero-order chi connectivity index (χ0) is 17.7. The molecule has 5 heteroatoms. The van der Waals surface area contributed by atoms with Crippen molar-refractivity contribution in [3.05, 3.63) is 65.7 Å². The molecule has 2 N–H and O–H groups in total. The molecule has 0 aliphatic heterocycles. The van der Waals surface area contributed by atoms with Crippen LogP contribution in [-0.4, -0.2) is 18.0 Å². The summed E-state index contributed by atoms with van der Waals surface area (Å²) < 4.78 is 5.83. The summed E-state index contributed by atoms with van der Waals surface area (Å²) in [4.78, 5) is 0. The van der Waals surface area contributed by atoms with Gasteiger partial charge in [0, 0.05) is 11.3 Å². The smallest absolute Gasteiger partial charge is 0.180 e. The molecule has 0 spiro atoms. The van der Waals surface area contributed by atoms with Crippen molar-refractivity contribution in [1.29, 1.82) is 0 Å². The second-order valence-corrected chi connectivity index (χ2v) is 6.55. The minimum Gasteiger partial charge on any atom is -0.493 e. The highest BCUT2D eigenvalue weighted by Crippen LogP contribution is 2.17. The van der Waals surface area contributed by atoms with Crippen LogP contribution in [-0.2, 0) is 5.75 Å². The number of benzene rings is 2. The molecule has 2 aromatic rings. The molecular weight excluding hydrogens is 330 g/mol. The van der Waals surface area contributed by atoms with Crippen LogP contribution in [0.4, 0.5) is 0 Å². The lowest BCUT2D eigenvalue weighted by Gasteiger charge is -2.08. The van der Waals surface area contributed by atoms with Crippen molar-refractivity contribution in [3.8, 4) is 5.75 Å². The highest BCUT2D eigenvalue weighted by atomic mass is 32.2. The molecule has 25 heavy (non-hydrogen) atoms. The third kappa shape index (κ3) is 7.44. The SMILES string of the molecule is CCCCCOc1ccccc1C=NN=C(N)SCc1ccccc1. The second-order valence-electron chi connectivity index (χ2n) is 5.55. The summed E-state index contributed by atoms with van der Waals surface area (Å²) in [5.74, 6) is 1.61. The number of hydrogen-bond acceptors (Lipinski definition) is 4. The number of rotatable bonds is 9. The number of amidine groups is 1. The maximum Gasteiger partial charge on any atom is 0.180 e. The van der Waals surface area contributed by atoms with Crippen molar-refractivity contribution in [3.63, 3.8) is 0 Å². The number of unbranched alkanes of at least 4 members (excludes halogenated alkanes) is 2. The fourth-order valence-electron chi connectivity index (χ4n) is 2.16. The van der Waals surface area contributed by atoms with Gasteiger partial charge in [0.05, 0.1) is 12.8 Å². The molecule has 0 radical (unpaired) electrons. The minimum atomic E-state index is 0.446. The van der Waals surface area contributed by atoms with Gasteiger partial charge in [-0.05, 0) is 24.1 Å². The van der Waals surface area contributed by atoms with E-state index in [1.165, 1.54) is 30.2 Å². The molecule has 0 aliphatic carbocycles. The van der Waals surface area contributed by atoms with Crippen LogP contribution in [0.5, 0.6) is 5.75 Å². The van der Waals surface area contributed by atoms with Crippen LogP contribution in [0.15, 0.2) is 64.8 Å². The Kier molecular flexibility index (Phi) is 8.63. The van der Waals surface area contributed by atoms with E-state index in [9.17, 15) is 0 Å². The molecule has 0 bridgehead atoms. The minimum absolute atomic E-state index is 0.446. The van der Waals surface area contributed by atoms with Gasteiger partial charge in [0.2, 0.25) is 0 Å². The van der Waals surface area contributed by atoms with Crippen molar-refractivity contribution in [1.82, 2.24) is 0 Å². The predicted molar refractivity (Wildman–Crippen MR) is 108 cm³/mol. The van der Waals surface area contributed by atoms with E-state index in [-0.39, 0.29) is 0 Å². The average Bonchev–Trinajstić information content (AvgIpc) is 2.65. The second kappa shape index (κ2) is 11.3. The van der Waals surface area contributed by atoms with Gasteiger partial charge < -0.3 is 10.5 Å². The first-order valence-electron chi connectivity index (χ1n) is 8.54. The van der Waals surface area contributed by atoms with Gasteiger partial charge in [-0.1, -0.05) is 74.0 Å². The van der Waals surface area contributed by atoms with Crippen LogP contribution in [0.25, 0.3) is 0 Å². The molecule has 0 unspecified atom stereocenters. The Morgan fingerprint density at radius 2 is 1.84 bits per heavy atom. The van der Waals surface area contributed by atoms with Gasteiger partial charge in [0.25, 0.3) is 0 Å². The van der Waals surface area contributed by atoms with Gasteiger partial charge in [-0.2, -0.15) is 5.10 Å². The third-order valence-corrected chi connectivity index (χ3v) is 4.36. The molecule has 0 aromatic heterocycles. The zero-order valence-corrected chi connectivity index (χ0v) is 15.4. The van der Waals surface area contributed by atoms with Gasteiger partial charge in [-0.15, -0.1) is 5.10 Å². The molecule has 0 fully saturated rings. The van der Waals surface area contributed by atoms with Gasteiger partial charge in [-0.3, -0.25) is 0 Å². The first kappa shape index (κ1) is 19.1. The van der Waals surface area contributed by atoms with E-state index >= 15 is 0 Å². The molecule has 2 rings (SSSR count). The van der Waals surface area contributed by atoms with Crippen molar-refractivity contribution >= 4 is 23.1 Å². The van der Waals surface area contributed by atoms with E-state index in [1.807, 2.05) is 42.5 Å². The topological polar surface area (TPSA) is 60.0 Å². The molecule has 4 nitrogen and oxygen atoms in total. The highest BCUT2D eigenvalue weighted by molar-refractivity contribution is 8.13. The molecular formula is C20H25N3OS. The Morgan fingerprint density at radius 1 is 1.08 bits per heavy atom. The number of ether oxygens (including phenoxy) is 1. The Labute approximate surface area is 154 Å². The molecule has 0 saturated heterocycles. The zero-order valence-electron chi connectivity index (χ0n) is 14.6. The lowest BCUT2D eigenvalue weighted by atomic mass is 10.2. The normalized spacial score (nSPS) is 11.8. The number of hydrogen-bond donors (Lipinski definition) is 1. The van der Waals surface area contributed by atoms with Crippen LogP contribution >= 0.6 is 11.8 Å². The maximum atomic E-state index is 5.91. The number of para-hydroxylation sites is 1. The third-order valence-electron chi connectivity index (χ3n) is 3.51. The quantitative estimate of drug-likeness (QED) is 0.303. The van der Waals surface area contributed by atoms with Crippen molar-refractivity contribution < 1.29 is 4.74 Å². The van der Waals surface area contributed by atoms with Crippen LogP contribution in [0, 0.1) is 0 Å². The molecule has 0 aliphatic rings. The highest BCUT2D eigenvalue weighted by Gasteiger charge is 2.00. The summed E-state index contributed by atoms with van der Waals surface area (Å²) in [5.41, 5.74) is 8.02. The van der Waals surface area contributed by atoms with Crippen LogP contribution in [0.3, 0.4) is 0 Å². The van der Waals surface area contributed by atoms with E-state index in [0.29, 0.717) is 5.17 Å². The predicted octanol–water partition coefficient (Wildman–Crippen LogP) is 4.84. The van der Waals surface area contributed by atoms with E-state index in [2.05, 4.69) is 29.3 Å². The largest absolute Gasteiger partial charge is 0.493 e. The molecule has 2 aromatic carbocycles. The number of thioether (sulfide) groups is 1. The van der Waals surface area contributed by atoms with Crippen LogP contribution in [0.1, 0.15) is 37.3 Å². The van der Waals surface area contributed by atoms with Crippen molar-refractivity contribution in [2.24, 2.45) is 15.9 Å². The summed E-state index contributed by atoms with van der Waals surface area (Å²) in [5, 5.41) is 8.60. The number of nitrogens with two attached hydrogens (primary N) is 1. The fraction of sp³-hybridized carbons (Fsp3) is 0.300. The van der Waals surface area contributed by atoms with Crippen LogP contribution in [0.2, 0.25) is 0 Å². The summed E-state index contributed by atoms with van der Waals surface area (Å²) in [6.45, 7) is 2.90. The lowest BCUT2D eigenvalue weighted by Crippen LogP contribution is -2.06. The molecule has 0 amide bonds. The van der Waals surface area contributed by atoms with Crippen molar-refractivity contribution in [2.45, 2.75) is 31.9 Å². The first-order chi connectivity index (χ1) is 12.3. The summed E-state index contributed by atoms with van der Waals surface area (Å²) in [6.07, 6.45) is 5.10. The first-order valence-corrected chi connectivity index (χ1v) is 9.53. The summed E-state index contributed by atoms with van der Waals surface area (Å²) in [6, 6.07) is 18.0. The fourth-order valence-corrected chi connectivity index (χ4v) is 2.77. The Hall–Kier alpha value is -2.27. The van der Waals surface area contributed by atoms with E-state index in [0.717, 1.165) is 30.1 Å². The monoisotopic (exact) mass is 355 g/mol. The Balaban J connectivity index is 1.87.